The van der Waals surface area contributed by atoms with Crippen molar-refractivity contribution in [1.29, 1.82) is 0 Å². The first kappa shape index (κ1) is 16.9. The molecule has 0 amide bonds. The normalized spacial score (nSPS) is 10.7. The fourth-order valence-electron chi connectivity index (χ4n) is 1.66. The number of hydrogen-bond acceptors (Lipinski definition) is 4. The van der Waals surface area contributed by atoms with Gasteiger partial charge in [-0.15, -0.1) is 0 Å². The number of halogens is 2. The summed E-state index contributed by atoms with van der Waals surface area (Å²) >= 11 is 6.95. The van der Waals surface area contributed by atoms with Crippen LogP contribution in [0.25, 0.3) is 0 Å². The number of ether oxygens (including phenoxy) is 2. The van der Waals surface area contributed by atoms with Gasteiger partial charge in [-0.05, 0) is 41.0 Å². The smallest absolute Gasteiger partial charge is 0.137 e. The average Bonchev–Trinajstić information content (AvgIpc) is 2.37. The molecule has 0 aromatic heterocycles. The third-order valence-corrected chi connectivity index (χ3v) is 3.53. The summed E-state index contributed by atoms with van der Waals surface area (Å²) in [4.78, 5) is 0. The summed E-state index contributed by atoms with van der Waals surface area (Å²) in [6, 6.07) is 4.00. The van der Waals surface area contributed by atoms with E-state index < -0.39 is 0 Å². The minimum Gasteiger partial charge on any atom is -0.495 e. The van der Waals surface area contributed by atoms with Crippen molar-refractivity contribution in [3.8, 4) is 5.75 Å². The van der Waals surface area contributed by atoms with E-state index in [9.17, 15) is 0 Å². The number of aliphatic hydroxyl groups is 1. The molecule has 6 heteroatoms. The summed E-state index contributed by atoms with van der Waals surface area (Å²) in [6.07, 6.45) is 0.914. The first-order chi connectivity index (χ1) is 9.19. The molecule has 0 aliphatic carbocycles. The number of hydrogen-bond donors (Lipinski definition) is 2. The topological polar surface area (TPSA) is 50.7 Å². The molecule has 4 nitrogen and oxygen atoms in total. The monoisotopic (exact) mass is 395 g/mol. The molecule has 108 valence electrons. The summed E-state index contributed by atoms with van der Waals surface area (Å²) in [5, 5.41) is 11.9. The van der Waals surface area contributed by atoms with Gasteiger partial charge < -0.3 is 19.9 Å². The molecule has 1 rings (SSSR count). The third kappa shape index (κ3) is 6.23. The summed E-state index contributed by atoms with van der Waals surface area (Å²) in [7, 11) is 1.67. The highest BCUT2D eigenvalue weighted by atomic mass is 79.9. The second kappa shape index (κ2) is 9.72. The van der Waals surface area contributed by atoms with Crippen molar-refractivity contribution in [2.45, 2.75) is 13.0 Å². The van der Waals surface area contributed by atoms with Gasteiger partial charge in [-0.3, -0.25) is 0 Å². The molecule has 0 heterocycles. The van der Waals surface area contributed by atoms with Gasteiger partial charge in [-0.2, -0.15) is 0 Å². The van der Waals surface area contributed by atoms with Gasteiger partial charge in [0.15, 0.2) is 0 Å². The second-order valence-corrected chi connectivity index (χ2v) is 5.72. The number of rotatable bonds is 9. The van der Waals surface area contributed by atoms with Crippen molar-refractivity contribution in [2.75, 3.05) is 33.5 Å². The fraction of sp³-hybridized carbons (Fsp3) is 0.538. The fourth-order valence-corrected chi connectivity index (χ4v) is 3.14. The molecule has 0 radical (unpaired) electrons. The van der Waals surface area contributed by atoms with Crippen LogP contribution in [0.4, 0.5) is 0 Å². The summed E-state index contributed by atoms with van der Waals surface area (Å²) < 4.78 is 12.5. The first-order valence-corrected chi connectivity index (χ1v) is 7.69. The van der Waals surface area contributed by atoms with Crippen molar-refractivity contribution < 1.29 is 14.6 Å². The molecule has 19 heavy (non-hydrogen) atoms. The van der Waals surface area contributed by atoms with E-state index in [1.165, 1.54) is 0 Å². The Kier molecular flexibility index (Phi) is 8.65. The maximum absolute atomic E-state index is 8.56. The van der Waals surface area contributed by atoms with Gasteiger partial charge in [0.1, 0.15) is 5.75 Å². The van der Waals surface area contributed by atoms with Crippen LogP contribution in [-0.4, -0.2) is 38.6 Å². The van der Waals surface area contributed by atoms with Gasteiger partial charge in [0.25, 0.3) is 0 Å². The first-order valence-electron chi connectivity index (χ1n) is 6.10. The van der Waals surface area contributed by atoms with E-state index in [0.29, 0.717) is 13.2 Å². The second-order valence-electron chi connectivity index (χ2n) is 3.95. The Bertz CT molecular complexity index is 388. The largest absolute Gasteiger partial charge is 0.495 e. The molecule has 0 unspecified atom stereocenters. The zero-order valence-corrected chi connectivity index (χ0v) is 14.1. The standard InChI is InChI=1S/C13H19Br2NO3/c1-18-13-10(7-11(14)8-12(13)15)9-16-3-2-5-19-6-4-17/h7-8,16-17H,2-6,9H2,1H3. The van der Waals surface area contributed by atoms with Crippen molar-refractivity contribution >= 4 is 31.9 Å². The van der Waals surface area contributed by atoms with Crippen molar-refractivity contribution in [3.05, 3.63) is 26.6 Å². The maximum Gasteiger partial charge on any atom is 0.137 e. The van der Waals surface area contributed by atoms with E-state index in [-0.39, 0.29) is 6.61 Å². The Hall–Kier alpha value is -0.140. The quantitative estimate of drug-likeness (QED) is 0.630. The highest BCUT2D eigenvalue weighted by Gasteiger charge is 2.08. The molecule has 0 spiro atoms. The van der Waals surface area contributed by atoms with E-state index in [1.54, 1.807) is 7.11 Å². The van der Waals surface area contributed by atoms with Crippen LogP contribution in [0, 0.1) is 0 Å². The number of methoxy groups -OCH3 is 1. The van der Waals surface area contributed by atoms with Gasteiger partial charge in [0.2, 0.25) is 0 Å². The Balaban J connectivity index is 2.36. The molecule has 0 saturated heterocycles. The van der Waals surface area contributed by atoms with Crippen LogP contribution < -0.4 is 10.1 Å². The number of benzene rings is 1. The van der Waals surface area contributed by atoms with E-state index in [2.05, 4.69) is 37.2 Å². The minimum absolute atomic E-state index is 0.0801. The molecule has 0 fully saturated rings. The Morgan fingerprint density at radius 3 is 2.74 bits per heavy atom. The van der Waals surface area contributed by atoms with Gasteiger partial charge >= 0.3 is 0 Å². The van der Waals surface area contributed by atoms with E-state index >= 15 is 0 Å². The summed E-state index contributed by atoms with van der Waals surface area (Å²) in [6.45, 7) is 2.75. The molecule has 0 aliphatic rings. The lowest BCUT2D eigenvalue weighted by Gasteiger charge is -2.12. The minimum atomic E-state index is 0.0801. The van der Waals surface area contributed by atoms with E-state index in [1.807, 2.05) is 12.1 Å². The summed E-state index contributed by atoms with van der Waals surface area (Å²) in [5.41, 5.74) is 1.10. The van der Waals surface area contributed by atoms with Crippen molar-refractivity contribution in [3.63, 3.8) is 0 Å². The van der Waals surface area contributed by atoms with Gasteiger partial charge in [-0.25, -0.2) is 0 Å². The molecule has 0 aliphatic heterocycles. The zero-order valence-electron chi connectivity index (χ0n) is 10.9. The molecule has 0 saturated carbocycles. The molecule has 0 bridgehead atoms. The summed E-state index contributed by atoms with van der Waals surface area (Å²) in [5.74, 6) is 0.854. The highest BCUT2D eigenvalue weighted by Crippen LogP contribution is 2.32. The third-order valence-electron chi connectivity index (χ3n) is 2.48. The number of aliphatic hydroxyl groups excluding tert-OH is 1. The zero-order chi connectivity index (χ0) is 14.1. The molecule has 1 aromatic carbocycles. The van der Waals surface area contributed by atoms with Crippen LogP contribution >= 0.6 is 31.9 Å². The lowest BCUT2D eigenvalue weighted by molar-refractivity contribution is 0.0907. The van der Waals surface area contributed by atoms with Crippen LogP contribution in [0.3, 0.4) is 0 Å². The van der Waals surface area contributed by atoms with Crippen LogP contribution in [0.5, 0.6) is 5.75 Å². The van der Waals surface area contributed by atoms with Crippen LogP contribution in [0.2, 0.25) is 0 Å². The maximum atomic E-state index is 8.56. The Labute approximate surface area is 130 Å². The predicted molar refractivity (Wildman–Crippen MR) is 82.6 cm³/mol. The van der Waals surface area contributed by atoms with Crippen LogP contribution in [-0.2, 0) is 11.3 Å². The van der Waals surface area contributed by atoms with Crippen molar-refractivity contribution in [2.24, 2.45) is 0 Å². The van der Waals surface area contributed by atoms with Gasteiger partial charge in [-0.1, -0.05) is 15.9 Å². The van der Waals surface area contributed by atoms with Gasteiger partial charge in [0.05, 0.1) is 24.8 Å². The van der Waals surface area contributed by atoms with Gasteiger partial charge in [0, 0.05) is 23.2 Å². The highest BCUT2D eigenvalue weighted by molar-refractivity contribution is 9.11. The van der Waals surface area contributed by atoms with Crippen LogP contribution in [0.15, 0.2) is 21.1 Å². The van der Waals surface area contributed by atoms with E-state index in [4.69, 9.17) is 14.6 Å². The van der Waals surface area contributed by atoms with Crippen LogP contribution in [0.1, 0.15) is 12.0 Å². The molecular weight excluding hydrogens is 378 g/mol. The number of nitrogens with one attached hydrogen (secondary N) is 1. The average molecular weight is 397 g/mol. The predicted octanol–water partition coefficient (Wildman–Crippen LogP) is 2.71. The SMILES string of the molecule is COc1c(Br)cc(Br)cc1CNCCCOCCO. The van der Waals surface area contributed by atoms with E-state index in [0.717, 1.165) is 39.8 Å². The molecule has 1 aromatic rings. The molecule has 0 atom stereocenters. The Morgan fingerprint density at radius 2 is 2.05 bits per heavy atom. The Morgan fingerprint density at radius 1 is 1.26 bits per heavy atom. The van der Waals surface area contributed by atoms with Crippen molar-refractivity contribution in [1.82, 2.24) is 5.32 Å². The molecule has 2 N–H and O–H groups in total. The lowest BCUT2D eigenvalue weighted by Crippen LogP contribution is -2.17. The lowest BCUT2D eigenvalue weighted by atomic mass is 10.2. The molecular formula is C13H19Br2NO3.